The largest absolute Gasteiger partial charge is 0.394 e. The fraction of sp³-hybridized carbons (Fsp3) is 0.400. The number of nitrogens with zero attached hydrogens (tertiary/aromatic N) is 5. The summed E-state index contributed by atoms with van der Waals surface area (Å²) >= 11 is 0. The zero-order valence-electron chi connectivity index (χ0n) is 16.3. The molecular weight excluding hydrogens is 342 g/mol. The van der Waals surface area contributed by atoms with Crippen LogP contribution in [0.4, 0.5) is 0 Å². The third-order valence-corrected chi connectivity index (χ3v) is 4.94. The molecular formula is C20H25N5O2. The second-order valence-corrected chi connectivity index (χ2v) is 7.79. The summed E-state index contributed by atoms with van der Waals surface area (Å²) in [7, 11) is 1.69. The first-order chi connectivity index (χ1) is 12.8. The first kappa shape index (κ1) is 19.0. The number of benzene rings is 1. The van der Waals surface area contributed by atoms with Crippen molar-refractivity contribution in [3.05, 3.63) is 48.0 Å². The molecule has 0 radical (unpaired) electrons. The van der Waals surface area contributed by atoms with Crippen molar-refractivity contribution in [2.75, 3.05) is 13.7 Å². The van der Waals surface area contributed by atoms with Crippen molar-refractivity contribution >= 4 is 16.7 Å². The van der Waals surface area contributed by atoms with Gasteiger partial charge in [0.2, 0.25) is 0 Å². The SMILES string of the molecule is Cc1c(C(=O)N(C)[C@H](CO)C(C)(C)C)nnn1-c1cccc2cnccc12. The molecule has 0 aliphatic carbocycles. The Morgan fingerprint density at radius 1 is 1.30 bits per heavy atom. The van der Waals surface area contributed by atoms with Crippen LogP contribution in [0.1, 0.15) is 37.0 Å². The highest BCUT2D eigenvalue weighted by Gasteiger charge is 2.33. The van der Waals surface area contributed by atoms with Crippen LogP contribution in [0.3, 0.4) is 0 Å². The van der Waals surface area contributed by atoms with E-state index in [4.69, 9.17) is 0 Å². The topological polar surface area (TPSA) is 84.1 Å². The van der Waals surface area contributed by atoms with Crippen molar-refractivity contribution in [2.45, 2.75) is 33.7 Å². The van der Waals surface area contributed by atoms with Crippen LogP contribution in [0.5, 0.6) is 0 Å². The summed E-state index contributed by atoms with van der Waals surface area (Å²) in [6, 6.07) is 7.44. The molecule has 2 aromatic heterocycles. The van der Waals surface area contributed by atoms with E-state index in [0.29, 0.717) is 5.69 Å². The Bertz CT molecular complexity index is 969. The predicted molar refractivity (Wildman–Crippen MR) is 104 cm³/mol. The second kappa shape index (κ2) is 7.08. The van der Waals surface area contributed by atoms with Crippen molar-refractivity contribution in [2.24, 2.45) is 5.41 Å². The number of fused-ring (bicyclic) bond motifs is 1. The van der Waals surface area contributed by atoms with E-state index in [1.807, 2.05) is 52.0 Å². The summed E-state index contributed by atoms with van der Waals surface area (Å²) in [5, 5.41) is 20.1. The molecule has 3 rings (SSSR count). The summed E-state index contributed by atoms with van der Waals surface area (Å²) in [6.45, 7) is 7.68. The van der Waals surface area contributed by atoms with E-state index in [-0.39, 0.29) is 29.7 Å². The number of aliphatic hydroxyl groups is 1. The van der Waals surface area contributed by atoms with E-state index in [1.54, 1.807) is 29.0 Å². The maximum atomic E-state index is 13.0. The Morgan fingerprint density at radius 2 is 2.04 bits per heavy atom. The smallest absolute Gasteiger partial charge is 0.276 e. The van der Waals surface area contributed by atoms with Gasteiger partial charge in [0, 0.05) is 30.2 Å². The molecule has 0 aliphatic heterocycles. The number of hydrogen-bond donors (Lipinski definition) is 1. The molecule has 1 amide bonds. The normalized spacial score (nSPS) is 13.0. The minimum Gasteiger partial charge on any atom is -0.394 e. The second-order valence-electron chi connectivity index (χ2n) is 7.79. The highest BCUT2D eigenvalue weighted by Crippen LogP contribution is 2.26. The van der Waals surface area contributed by atoms with Crippen LogP contribution in [0.25, 0.3) is 16.5 Å². The fourth-order valence-corrected chi connectivity index (χ4v) is 3.33. The van der Waals surface area contributed by atoms with Crippen molar-refractivity contribution in [3.8, 4) is 5.69 Å². The first-order valence-electron chi connectivity index (χ1n) is 8.89. The number of likely N-dealkylation sites (N-methyl/N-ethyl adjacent to an activating group) is 1. The number of carbonyl (C=O) groups excluding carboxylic acids is 1. The van der Waals surface area contributed by atoms with Gasteiger partial charge in [0.05, 0.1) is 24.0 Å². The number of aromatic nitrogens is 4. The van der Waals surface area contributed by atoms with Crippen LogP contribution in [-0.2, 0) is 0 Å². The van der Waals surface area contributed by atoms with Gasteiger partial charge in [-0.2, -0.15) is 0 Å². The lowest BCUT2D eigenvalue weighted by atomic mass is 9.86. The van der Waals surface area contributed by atoms with Gasteiger partial charge in [0.15, 0.2) is 5.69 Å². The Balaban J connectivity index is 2.01. The van der Waals surface area contributed by atoms with Crippen LogP contribution in [0, 0.1) is 12.3 Å². The van der Waals surface area contributed by atoms with Crippen molar-refractivity contribution in [1.29, 1.82) is 0 Å². The Labute approximate surface area is 158 Å². The number of amides is 1. The molecule has 27 heavy (non-hydrogen) atoms. The van der Waals surface area contributed by atoms with Gasteiger partial charge in [-0.25, -0.2) is 4.68 Å². The maximum absolute atomic E-state index is 13.0. The quantitative estimate of drug-likeness (QED) is 0.766. The van der Waals surface area contributed by atoms with Crippen LogP contribution in [0.2, 0.25) is 0 Å². The minimum atomic E-state index is -0.321. The summed E-state index contributed by atoms with van der Waals surface area (Å²) in [5.41, 5.74) is 1.52. The van der Waals surface area contributed by atoms with Gasteiger partial charge in [-0.3, -0.25) is 9.78 Å². The Kier molecular flexibility index (Phi) is 4.97. The van der Waals surface area contributed by atoms with E-state index < -0.39 is 0 Å². The molecule has 0 saturated heterocycles. The standard InChI is InChI=1S/C20H25N5O2/c1-13-18(19(27)24(5)17(12-26)20(2,3)4)22-23-25(13)16-8-6-7-14-11-21-10-9-15(14)16/h6-11,17,26H,12H2,1-5H3/t17-/m1/s1. The fourth-order valence-electron chi connectivity index (χ4n) is 3.33. The highest BCUT2D eigenvalue weighted by molar-refractivity contribution is 5.94. The maximum Gasteiger partial charge on any atom is 0.276 e. The average Bonchev–Trinajstić information content (AvgIpc) is 3.01. The minimum absolute atomic E-state index is 0.116. The molecule has 142 valence electrons. The summed E-state index contributed by atoms with van der Waals surface area (Å²) in [6.07, 6.45) is 3.52. The first-order valence-corrected chi connectivity index (χ1v) is 8.89. The molecule has 7 heteroatoms. The van der Waals surface area contributed by atoms with Gasteiger partial charge in [-0.15, -0.1) is 5.10 Å². The van der Waals surface area contributed by atoms with E-state index in [0.717, 1.165) is 16.5 Å². The summed E-state index contributed by atoms with van der Waals surface area (Å²) in [4.78, 5) is 18.7. The number of rotatable bonds is 4. The third-order valence-electron chi connectivity index (χ3n) is 4.94. The molecule has 0 unspecified atom stereocenters. The van der Waals surface area contributed by atoms with Gasteiger partial charge < -0.3 is 10.0 Å². The van der Waals surface area contributed by atoms with E-state index in [9.17, 15) is 9.90 Å². The lowest BCUT2D eigenvalue weighted by Gasteiger charge is -2.36. The lowest BCUT2D eigenvalue weighted by molar-refractivity contribution is 0.0428. The lowest BCUT2D eigenvalue weighted by Crippen LogP contribution is -2.47. The molecule has 2 heterocycles. The number of hydrogen-bond acceptors (Lipinski definition) is 5. The van der Waals surface area contributed by atoms with Crippen LogP contribution in [0.15, 0.2) is 36.7 Å². The monoisotopic (exact) mass is 367 g/mol. The van der Waals surface area contributed by atoms with Crippen LogP contribution >= 0.6 is 0 Å². The zero-order chi connectivity index (χ0) is 19.8. The van der Waals surface area contributed by atoms with E-state index >= 15 is 0 Å². The van der Waals surface area contributed by atoms with Gasteiger partial charge in [-0.1, -0.05) is 38.1 Å². The molecule has 0 aliphatic rings. The molecule has 0 bridgehead atoms. The summed E-state index contributed by atoms with van der Waals surface area (Å²) in [5.74, 6) is -0.255. The Morgan fingerprint density at radius 3 is 2.70 bits per heavy atom. The number of aliphatic hydroxyl groups excluding tert-OH is 1. The molecule has 3 aromatic rings. The third kappa shape index (κ3) is 3.42. The van der Waals surface area contributed by atoms with Crippen molar-refractivity contribution in [3.63, 3.8) is 0 Å². The number of pyridine rings is 1. The number of carbonyl (C=O) groups is 1. The molecule has 0 fully saturated rings. The van der Waals surface area contributed by atoms with E-state index in [1.165, 1.54) is 0 Å². The van der Waals surface area contributed by atoms with Gasteiger partial charge in [0.1, 0.15) is 0 Å². The highest BCUT2D eigenvalue weighted by atomic mass is 16.3. The molecule has 0 spiro atoms. The van der Waals surface area contributed by atoms with Crippen molar-refractivity contribution < 1.29 is 9.90 Å². The average molecular weight is 367 g/mol. The van der Waals surface area contributed by atoms with Crippen LogP contribution < -0.4 is 0 Å². The zero-order valence-corrected chi connectivity index (χ0v) is 16.3. The summed E-state index contributed by atoms with van der Waals surface area (Å²) < 4.78 is 1.68. The van der Waals surface area contributed by atoms with Crippen LogP contribution in [-0.4, -0.2) is 55.6 Å². The molecule has 0 saturated carbocycles. The molecule has 7 nitrogen and oxygen atoms in total. The van der Waals surface area contributed by atoms with Crippen molar-refractivity contribution in [1.82, 2.24) is 24.9 Å². The van der Waals surface area contributed by atoms with E-state index in [2.05, 4.69) is 15.3 Å². The predicted octanol–water partition coefficient (Wildman–Crippen LogP) is 2.60. The molecule has 1 N–H and O–H groups in total. The van der Waals surface area contributed by atoms with Gasteiger partial charge in [0.25, 0.3) is 5.91 Å². The molecule has 1 aromatic carbocycles. The Hall–Kier alpha value is -2.80. The van der Waals surface area contributed by atoms with Gasteiger partial charge in [-0.05, 0) is 24.5 Å². The van der Waals surface area contributed by atoms with Gasteiger partial charge >= 0.3 is 0 Å². The molecule has 1 atom stereocenters.